The highest BCUT2D eigenvalue weighted by Crippen LogP contribution is 2.69. The molecule has 5 fully saturated rings. The number of nitrogens with zero attached hydrogens (tertiary/aromatic N) is 7. The number of carbonyl (C=O) groups is 3. The SMILES string of the molecule is N#CC1(CN2CCN(c3ccc([C@H]4CCC(=O)NC4=O)cc3)CC2)CC12CCN(C(=O)C1(c3ccccc3)CCN(c3cnnc(-c4ccccc4O)c3)CC1)CC2. The maximum absolute atomic E-state index is 14.8. The molecule has 2 N–H and O–H groups in total. The number of phenols is 1. The molecule has 12 nitrogen and oxygen atoms in total. The van der Waals surface area contributed by atoms with Crippen LogP contribution in [-0.4, -0.2) is 102 Å². The Bertz CT molecular complexity index is 2220. The van der Waals surface area contributed by atoms with Crippen molar-refractivity contribution < 1.29 is 19.5 Å². The fraction of sp³-hybridized carbons (Fsp3) is 0.435. The Balaban J connectivity index is 0.813. The number of benzene rings is 3. The van der Waals surface area contributed by atoms with Crippen LogP contribution in [0.2, 0.25) is 0 Å². The first kappa shape index (κ1) is 37.8. The monoisotopic (exact) mass is 778 g/mol. The number of para-hydroxylation sites is 1. The van der Waals surface area contributed by atoms with Gasteiger partial charge in [-0.05, 0) is 85.4 Å². The highest BCUT2D eigenvalue weighted by atomic mass is 16.3. The van der Waals surface area contributed by atoms with Gasteiger partial charge in [-0.25, -0.2) is 0 Å². The van der Waals surface area contributed by atoms with E-state index in [2.05, 4.69) is 65.4 Å². The molecule has 1 aliphatic carbocycles. The standard InChI is InChI=1S/C46H50N8O4/c47-31-45(32-51-24-26-53(27-25-51)35-12-10-33(11-13-35)37-14-15-41(56)49-42(37)57)30-44(45)16-20-54(21-17-44)43(58)46(34-6-2-1-3-7-34)18-22-52(23-19-46)36-28-39(50-48-29-36)38-8-4-5-9-40(38)55/h1-13,28-29,37,55H,14-27,30,32H2,(H,49,56,57)/t37-,45?/m1/s1. The molecule has 1 unspecified atom stereocenters. The third kappa shape index (κ3) is 6.85. The quantitative estimate of drug-likeness (QED) is 0.228. The third-order valence-corrected chi connectivity index (χ3v) is 14.1. The molecule has 1 aromatic heterocycles. The lowest BCUT2D eigenvalue weighted by Gasteiger charge is -2.46. The normalized spacial score (nSPS) is 24.3. The molecule has 1 spiro atoms. The molecule has 5 heterocycles. The fourth-order valence-corrected chi connectivity index (χ4v) is 10.4. The highest BCUT2D eigenvalue weighted by molar-refractivity contribution is 6.01. The molecule has 12 heteroatoms. The van der Waals surface area contributed by atoms with Crippen molar-refractivity contribution in [2.24, 2.45) is 10.8 Å². The lowest BCUT2D eigenvalue weighted by Crippen LogP contribution is -2.55. The van der Waals surface area contributed by atoms with Crippen LogP contribution in [0.25, 0.3) is 11.3 Å². The number of phenolic OH excluding ortho intramolecular Hbond substituents is 1. The van der Waals surface area contributed by atoms with Crippen molar-refractivity contribution in [2.45, 2.75) is 56.3 Å². The lowest BCUT2D eigenvalue weighted by atomic mass is 9.71. The number of piperazine rings is 1. The van der Waals surface area contributed by atoms with Crippen LogP contribution in [0.1, 0.15) is 62.0 Å². The molecule has 0 bridgehead atoms. The number of aromatic hydroxyl groups is 1. The van der Waals surface area contributed by atoms with Gasteiger partial charge in [-0.1, -0.05) is 54.6 Å². The van der Waals surface area contributed by atoms with Crippen molar-refractivity contribution >= 4 is 29.1 Å². The number of hydrogen-bond acceptors (Lipinski definition) is 10. The van der Waals surface area contributed by atoms with Gasteiger partial charge >= 0.3 is 0 Å². The molecule has 4 aliphatic heterocycles. The Morgan fingerprint density at radius 1 is 0.828 bits per heavy atom. The number of anilines is 2. The Morgan fingerprint density at radius 2 is 1.52 bits per heavy atom. The summed E-state index contributed by atoms with van der Waals surface area (Å²) in [6.07, 6.45) is 6.60. The molecule has 9 rings (SSSR count). The van der Waals surface area contributed by atoms with E-state index in [0.717, 1.165) is 74.5 Å². The van der Waals surface area contributed by atoms with E-state index in [-0.39, 0.29) is 40.2 Å². The van der Waals surface area contributed by atoms with E-state index >= 15 is 0 Å². The molecular weight excluding hydrogens is 729 g/mol. The van der Waals surface area contributed by atoms with Gasteiger partial charge in [0.1, 0.15) is 5.75 Å². The Labute approximate surface area is 339 Å². The van der Waals surface area contributed by atoms with Gasteiger partial charge in [0.15, 0.2) is 0 Å². The van der Waals surface area contributed by atoms with Gasteiger partial charge in [0.05, 0.1) is 40.4 Å². The van der Waals surface area contributed by atoms with Gasteiger partial charge in [0.2, 0.25) is 17.7 Å². The van der Waals surface area contributed by atoms with Crippen molar-refractivity contribution in [3.8, 4) is 23.1 Å². The van der Waals surface area contributed by atoms with Gasteiger partial charge in [0, 0.05) is 76.6 Å². The first-order valence-electron chi connectivity index (χ1n) is 20.7. The van der Waals surface area contributed by atoms with Crippen LogP contribution >= 0.6 is 0 Å². The predicted octanol–water partition coefficient (Wildman–Crippen LogP) is 5.25. The smallest absolute Gasteiger partial charge is 0.234 e. The van der Waals surface area contributed by atoms with Gasteiger partial charge in [-0.2, -0.15) is 15.5 Å². The van der Waals surface area contributed by atoms with Crippen LogP contribution in [0.5, 0.6) is 5.75 Å². The zero-order chi connectivity index (χ0) is 39.9. The molecular formula is C46H50N8O4. The number of likely N-dealkylation sites (tertiary alicyclic amines) is 1. The minimum atomic E-state index is -0.635. The molecule has 58 heavy (non-hydrogen) atoms. The second-order valence-corrected chi connectivity index (χ2v) is 17.1. The average Bonchev–Trinajstić information content (AvgIpc) is 3.88. The molecule has 5 aliphatic rings. The molecule has 0 radical (unpaired) electrons. The Hall–Kier alpha value is -5.80. The summed E-state index contributed by atoms with van der Waals surface area (Å²) in [5.74, 6) is -0.340. The first-order valence-corrected chi connectivity index (χ1v) is 20.7. The third-order valence-electron chi connectivity index (χ3n) is 14.1. The zero-order valence-electron chi connectivity index (χ0n) is 32.9. The van der Waals surface area contributed by atoms with Crippen molar-refractivity contribution in [2.75, 3.05) is 68.7 Å². The zero-order valence-corrected chi connectivity index (χ0v) is 32.9. The maximum Gasteiger partial charge on any atom is 0.234 e. The number of hydrogen-bond donors (Lipinski definition) is 2. The van der Waals surface area contributed by atoms with Crippen molar-refractivity contribution in [3.63, 3.8) is 0 Å². The molecule has 3 aromatic carbocycles. The summed E-state index contributed by atoms with van der Waals surface area (Å²) in [4.78, 5) is 47.9. The maximum atomic E-state index is 14.8. The molecule has 1 saturated carbocycles. The number of nitrogens with one attached hydrogen (secondary N) is 1. The number of rotatable bonds is 8. The minimum absolute atomic E-state index is 0.0516. The number of nitriles is 1. The van der Waals surface area contributed by atoms with Gasteiger partial charge in [-0.15, -0.1) is 0 Å². The molecule has 4 aromatic rings. The van der Waals surface area contributed by atoms with Gasteiger partial charge in [0.25, 0.3) is 0 Å². The lowest BCUT2D eigenvalue weighted by molar-refractivity contribution is -0.140. The van der Waals surface area contributed by atoms with E-state index in [1.54, 1.807) is 18.3 Å². The second-order valence-electron chi connectivity index (χ2n) is 17.1. The first-order chi connectivity index (χ1) is 28.2. The summed E-state index contributed by atoms with van der Waals surface area (Å²) < 4.78 is 0. The van der Waals surface area contributed by atoms with Crippen LogP contribution in [0.15, 0.2) is 91.1 Å². The van der Waals surface area contributed by atoms with Crippen LogP contribution < -0.4 is 15.1 Å². The number of aromatic nitrogens is 2. The molecule has 4 saturated heterocycles. The van der Waals surface area contributed by atoms with Crippen molar-refractivity contribution in [3.05, 3.63) is 102 Å². The highest BCUT2D eigenvalue weighted by Gasteiger charge is 2.68. The van der Waals surface area contributed by atoms with E-state index < -0.39 is 5.41 Å². The second kappa shape index (κ2) is 15.2. The summed E-state index contributed by atoms with van der Waals surface area (Å²) in [7, 11) is 0. The number of piperidine rings is 3. The van der Waals surface area contributed by atoms with E-state index in [9.17, 15) is 24.8 Å². The Kier molecular flexibility index (Phi) is 9.88. The summed E-state index contributed by atoms with van der Waals surface area (Å²) in [5.41, 5.74) is 4.22. The van der Waals surface area contributed by atoms with Crippen LogP contribution in [0.3, 0.4) is 0 Å². The van der Waals surface area contributed by atoms with Crippen molar-refractivity contribution in [1.82, 2.24) is 25.3 Å². The fourth-order valence-electron chi connectivity index (χ4n) is 10.4. The minimum Gasteiger partial charge on any atom is -0.507 e. The topological polar surface area (TPSA) is 146 Å². The Morgan fingerprint density at radius 3 is 2.21 bits per heavy atom. The van der Waals surface area contributed by atoms with Crippen molar-refractivity contribution in [1.29, 1.82) is 5.26 Å². The van der Waals surface area contributed by atoms with Crippen LogP contribution in [-0.2, 0) is 19.8 Å². The summed E-state index contributed by atoms with van der Waals surface area (Å²) in [5, 5.41) is 32.1. The number of imide groups is 1. The number of carbonyl (C=O) groups excluding carboxylic acids is 3. The van der Waals surface area contributed by atoms with Crippen LogP contribution in [0, 0.1) is 22.2 Å². The van der Waals surface area contributed by atoms with Gasteiger partial charge in [-0.3, -0.25) is 24.6 Å². The van der Waals surface area contributed by atoms with E-state index in [1.165, 1.54) is 0 Å². The summed E-state index contributed by atoms with van der Waals surface area (Å²) in [6.45, 7) is 6.95. The summed E-state index contributed by atoms with van der Waals surface area (Å²) >= 11 is 0. The van der Waals surface area contributed by atoms with E-state index in [1.807, 2.05) is 48.5 Å². The average molecular weight is 779 g/mol. The van der Waals surface area contributed by atoms with E-state index in [4.69, 9.17) is 0 Å². The largest absolute Gasteiger partial charge is 0.507 e. The summed E-state index contributed by atoms with van der Waals surface area (Å²) in [6, 6.07) is 30.3. The van der Waals surface area contributed by atoms with E-state index in [0.29, 0.717) is 63.1 Å². The predicted molar refractivity (Wildman–Crippen MR) is 220 cm³/mol. The molecule has 2 atom stereocenters. The number of amides is 3. The molecule has 298 valence electrons. The molecule has 3 amide bonds. The van der Waals surface area contributed by atoms with Gasteiger partial charge < -0.3 is 19.8 Å². The van der Waals surface area contributed by atoms with Crippen LogP contribution in [0.4, 0.5) is 11.4 Å².